The molecule has 25 heavy (non-hydrogen) atoms. The van der Waals surface area contributed by atoms with E-state index in [1.165, 1.54) is 16.7 Å². The van der Waals surface area contributed by atoms with Crippen LogP contribution in [0.4, 0.5) is 14.6 Å². The molecule has 1 aromatic heterocycles. The molecule has 1 heterocycles. The molecule has 0 unspecified atom stereocenters. The molecule has 0 fully saturated rings. The van der Waals surface area contributed by atoms with Crippen molar-refractivity contribution in [2.24, 2.45) is 0 Å². The summed E-state index contributed by atoms with van der Waals surface area (Å²) in [5.74, 6) is -0.0196. The van der Waals surface area contributed by atoms with Crippen LogP contribution in [0.3, 0.4) is 0 Å². The molecule has 0 atom stereocenters. The minimum Gasteiger partial charge on any atom is -0.434 e. The summed E-state index contributed by atoms with van der Waals surface area (Å²) < 4.78 is 31.5. The molecule has 0 saturated heterocycles. The summed E-state index contributed by atoms with van der Waals surface area (Å²) in [6.45, 7) is -1.20. The normalized spacial score (nSPS) is 11.1. The van der Waals surface area contributed by atoms with Crippen LogP contribution >= 0.6 is 11.6 Å². The van der Waals surface area contributed by atoms with E-state index in [0.717, 1.165) is 5.56 Å². The van der Waals surface area contributed by atoms with E-state index in [2.05, 4.69) is 15.0 Å². The summed E-state index contributed by atoms with van der Waals surface area (Å²) in [5.41, 5.74) is 1.16. The van der Waals surface area contributed by atoms with Crippen molar-refractivity contribution in [3.8, 4) is 11.4 Å². The number of aryl methyl sites for hydroxylation is 1. The van der Waals surface area contributed by atoms with Crippen molar-refractivity contribution in [3.63, 3.8) is 0 Å². The molecule has 8 heteroatoms. The van der Waals surface area contributed by atoms with E-state index in [9.17, 15) is 13.6 Å². The molecule has 0 spiro atoms. The second kappa shape index (κ2) is 6.68. The maximum absolute atomic E-state index is 12.8. The Hall–Kier alpha value is -2.67. The Morgan fingerprint density at radius 2 is 2.00 bits per heavy atom. The fourth-order valence-electron chi connectivity index (χ4n) is 2.70. The molecule has 3 aromatic rings. The second-order valence-corrected chi connectivity index (χ2v) is 5.73. The highest BCUT2D eigenvalue weighted by Gasteiger charge is 2.19. The molecule has 0 radical (unpaired) electrons. The molecule has 3 rings (SSSR count). The standard InChI is InChI=1S/C17H14ClF2N3O2/c1-9-5-3-4-6-11(9)23-12-7-10(18)8-13(25-16(19)20)14(12)15(21-2)22-17(23)24/h3-8,16H,1-2H3,(H,21,22,24). The van der Waals surface area contributed by atoms with E-state index in [0.29, 0.717) is 11.2 Å². The SMILES string of the molecule is CNc1nc(=O)n(-c2ccccc2C)c2cc(Cl)cc(OC(F)F)c12. The molecule has 0 aliphatic heterocycles. The number of nitrogens with one attached hydrogen (secondary N) is 1. The molecular weight excluding hydrogens is 352 g/mol. The summed E-state index contributed by atoms with van der Waals surface area (Å²) in [6, 6.07) is 9.97. The van der Waals surface area contributed by atoms with Crippen molar-refractivity contribution in [2.75, 3.05) is 12.4 Å². The van der Waals surface area contributed by atoms with Crippen LogP contribution in [0.5, 0.6) is 5.75 Å². The number of hydrogen-bond donors (Lipinski definition) is 1. The van der Waals surface area contributed by atoms with Gasteiger partial charge in [-0.1, -0.05) is 29.8 Å². The van der Waals surface area contributed by atoms with E-state index in [-0.39, 0.29) is 22.0 Å². The van der Waals surface area contributed by atoms with Crippen molar-refractivity contribution in [2.45, 2.75) is 13.5 Å². The Morgan fingerprint density at radius 1 is 1.28 bits per heavy atom. The van der Waals surface area contributed by atoms with E-state index in [1.807, 2.05) is 19.1 Å². The lowest BCUT2D eigenvalue weighted by atomic mass is 10.1. The molecule has 130 valence electrons. The lowest BCUT2D eigenvalue weighted by Gasteiger charge is -2.17. The zero-order valence-electron chi connectivity index (χ0n) is 13.4. The first-order valence-corrected chi connectivity index (χ1v) is 7.75. The molecule has 0 saturated carbocycles. The number of rotatable bonds is 4. The van der Waals surface area contributed by atoms with E-state index < -0.39 is 12.3 Å². The first-order chi connectivity index (χ1) is 11.9. The van der Waals surface area contributed by atoms with Crippen molar-refractivity contribution >= 4 is 28.3 Å². The maximum atomic E-state index is 12.8. The average molecular weight is 366 g/mol. The van der Waals surface area contributed by atoms with Crippen LogP contribution in [-0.4, -0.2) is 23.2 Å². The Morgan fingerprint density at radius 3 is 2.64 bits per heavy atom. The largest absolute Gasteiger partial charge is 0.434 e. The van der Waals surface area contributed by atoms with E-state index >= 15 is 0 Å². The van der Waals surface area contributed by atoms with Gasteiger partial charge in [-0.3, -0.25) is 4.57 Å². The lowest BCUT2D eigenvalue weighted by Crippen LogP contribution is -2.24. The van der Waals surface area contributed by atoms with Crippen LogP contribution in [-0.2, 0) is 0 Å². The van der Waals surface area contributed by atoms with Crippen LogP contribution in [0.2, 0.25) is 5.02 Å². The van der Waals surface area contributed by atoms with Gasteiger partial charge in [-0.2, -0.15) is 13.8 Å². The van der Waals surface area contributed by atoms with Gasteiger partial charge in [0.2, 0.25) is 0 Å². The fraction of sp³-hybridized carbons (Fsp3) is 0.176. The number of alkyl halides is 2. The van der Waals surface area contributed by atoms with Crippen LogP contribution in [0.25, 0.3) is 16.6 Å². The maximum Gasteiger partial charge on any atom is 0.387 e. The number of ether oxygens (including phenoxy) is 1. The molecule has 0 amide bonds. The zero-order chi connectivity index (χ0) is 18.1. The Bertz CT molecular complexity index is 1010. The fourth-order valence-corrected chi connectivity index (χ4v) is 2.91. The molecule has 5 nitrogen and oxygen atoms in total. The van der Waals surface area contributed by atoms with Gasteiger partial charge in [0.05, 0.1) is 16.6 Å². The predicted octanol–water partition coefficient (Wildman–Crippen LogP) is 3.99. The minimum absolute atomic E-state index is 0.136. The molecule has 0 aliphatic rings. The first kappa shape index (κ1) is 17.2. The number of aromatic nitrogens is 2. The van der Waals surface area contributed by atoms with Crippen LogP contribution < -0.4 is 15.7 Å². The lowest BCUT2D eigenvalue weighted by molar-refractivity contribution is -0.0487. The summed E-state index contributed by atoms with van der Waals surface area (Å²) in [5, 5.41) is 3.16. The number of benzene rings is 2. The Kier molecular flexibility index (Phi) is 4.59. The molecule has 0 bridgehead atoms. The van der Waals surface area contributed by atoms with Crippen molar-refractivity contribution in [1.29, 1.82) is 0 Å². The van der Waals surface area contributed by atoms with Gasteiger partial charge in [0.25, 0.3) is 0 Å². The molecule has 2 aromatic carbocycles. The van der Waals surface area contributed by atoms with Crippen molar-refractivity contribution < 1.29 is 13.5 Å². The van der Waals surface area contributed by atoms with Crippen molar-refractivity contribution in [1.82, 2.24) is 9.55 Å². The summed E-state index contributed by atoms with van der Waals surface area (Å²) in [7, 11) is 1.54. The van der Waals surface area contributed by atoms with Crippen LogP contribution in [0.1, 0.15) is 5.56 Å². The van der Waals surface area contributed by atoms with Crippen molar-refractivity contribution in [3.05, 3.63) is 57.5 Å². The zero-order valence-corrected chi connectivity index (χ0v) is 14.1. The average Bonchev–Trinajstić information content (AvgIpc) is 2.54. The number of anilines is 1. The van der Waals surface area contributed by atoms with Crippen LogP contribution in [0.15, 0.2) is 41.2 Å². The third-order valence-corrected chi connectivity index (χ3v) is 3.95. The van der Waals surface area contributed by atoms with Gasteiger partial charge < -0.3 is 10.1 Å². The highest BCUT2D eigenvalue weighted by atomic mass is 35.5. The highest BCUT2D eigenvalue weighted by molar-refractivity contribution is 6.31. The summed E-state index contributed by atoms with van der Waals surface area (Å²) >= 11 is 6.07. The quantitative estimate of drug-likeness (QED) is 0.759. The van der Waals surface area contributed by atoms with E-state index in [4.69, 9.17) is 11.6 Å². The Balaban J connectivity index is 2.47. The summed E-state index contributed by atoms with van der Waals surface area (Å²) in [4.78, 5) is 16.6. The first-order valence-electron chi connectivity index (χ1n) is 7.37. The second-order valence-electron chi connectivity index (χ2n) is 5.29. The monoisotopic (exact) mass is 365 g/mol. The number of para-hydroxylation sites is 1. The summed E-state index contributed by atoms with van der Waals surface area (Å²) in [6.07, 6.45) is 0. The van der Waals surface area contributed by atoms with Gasteiger partial charge >= 0.3 is 12.3 Å². The van der Waals surface area contributed by atoms with E-state index in [1.54, 1.807) is 19.2 Å². The Labute approximate surface area is 146 Å². The van der Waals surface area contributed by atoms with Crippen LogP contribution in [0, 0.1) is 6.92 Å². The number of nitrogens with zero attached hydrogens (tertiary/aromatic N) is 2. The smallest absolute Gasteiger partial charge is 0.387 e. The van der Waals surface area contributed by atoms with Gasteiger partial charge in [-0.25, -0.2) is 4.79 Å². The van der Waals surface area contributed by atoms with Gasteiger partial charge in [0, 0.05) is 12.1 Å². The molecular formula is C17H14ClF2N3O2. The van der Waals surface area contributed by atoms with Gasteiger partial charge in [-0.15, -0.1) is 0 Å². The van der Waals surface area contributed by atoms with Gasteiger partial charge in [-0.05, 0) is 30.7 Å². The number of hydrogen-bond acceptors (Lipinski definition) is 4. The highest BCUT2D eigenvalue weighted by Crippen LogP contribution is 2.35. The third kappa shape index (κ3) is 3.15. The number of fused-ring (bicyclic) bond motifs is 1. The topological polar surface area (TPSA) is 56.2 Å². The predicted molar refractivity (Wildman–Crippen MR) is 93.3 cm³/mol. The molecule has 1 N–H and O–H groups in total. The van der Waals surface area contributed by atoms with Gasteiger partial charge in [0.1, 0.15) is 11.6 Å². The molecule has 0 aliphatic carbocycles. The van der Waals surface area contributed by atoms with Gasteiger partial charge in [0.15, 0.2) is 0 Å². The third-order valence-electron chi connectivity index (χ3n) is 3.73. The minimum atomic E-state index is -3.04. The number of halogens is 3.